The van der Waals surface area contributed by atoms with Crippen LogP contribution < -0.4 is 0 Å². The number of hydrogen-bond donors (Lipinski definition) is 0. The van der Waals surface area contributed by atoms with Crippen molar-refractivity contribution < 1.29 is 14.3 Å². The van der Waals surface area contributed by atoms with Crippen molar-refractivity contribution in [3.63, 3.8) is 0 Å². The molecule has 9 heavy (non-hydrogen) atoms. The molecule has 0 aliphatic carbocycles. The highest BCUT2D eigenvalue weighted by Gasteiger charge is 2.18. The van der Waals surface area contributed by atoms with Gasteiger partial charge in [0.1, 0.15) is 0 Å². The number of rotatable bonds is 0. The molecule has 48 valence electrons. The van der Waals surface area contributed by atoms with Gasteiger partial charge in [-0.15, -0.1) is 6.42 Å². The van der Waals surface area contributed by atoms with Crippen molar-refractivity contribution in [3.05, 3.63) is 0 Å². The van der Waals surface area contributed by atoms with Crippen molar-refractivity contribution in [1.29, 1.82) is 0 Å². The fourth-order valence-corrected chi connectivity index (χ4v) is 0.576. The van der Waals surface area contributed by atoms with E-state index in [0.29, 0.717) is 13.0 Å². The summed E-state index contributed by atoms with van der Waals surface area (Å²) in [4.78, 5) is 10.3. The minimum absolute atomic E-state index is 0.369. The summed E-state index contributed by atoms with van der Waals surface area (Å²) < 4.78 is 8.99. The Morgan fingerprint density at radius 1 is 1.78 bits per heavy atom. The minimum atomic E-state index is -0.663. The smallest absolute Gasteiger partial charge is 0.434 e. The molecule has 1 saturated heterocycles. The molecule has 0 bridgehead atoms. The maximum atomic E-state index is 10.3. The first-order valence-electron chi connectivity index (χ1n) is 2.62. The van der Waals surface area contributed by atoms with Gasteiger partial charge in [0, 0.05) is 6.42 Å². The lowest BCUT2D eigenvalue weighted by molar-refractivity contribution is -0.00248. The Kier molecular flexibility index (Phi) is 1.59. The fourth-order valence-electron chi connectivity index (χ4n) is 0.576. The van der Waals surface area contributed by atoms with Gasteiger partial charge < -0.3 is 9.47 Å². The van der Waals surface area contributed by atoms with E-state index >= 15 is 0 Å². The number of hydrogen-bond acceptors (Lipinski definition) is 3. The van der Waals surface area contributed by atoms with Crippen molar-refractivity contribution in [1.82, 2.24) is 0 Å². The zero-order chi connectivity index (χ0) is 6.69. The maximum Gasteiger partial charge on any atom is 0.509 e. The van der Waals surface area contributed by atoms with Crippen LogP contribution in [0, 0.1) is 12.3 Å². The van der Waals surface area contributed by atoms with Gasteiger partial charge in [-0.05, 0) is 0 Å². The Hall–Kier alpha value is -1.17. The Balaban J connectivity index is 2.43. The van der Waals surface area contributed by atoms with Gasteiger partial charge in [-0.1, -0.05) is 5.92 Å². The fraction of sp³-hybridized carbons (Fsp3) is 0.500. The zero-order valence-electron chi connectivity index (χ0n) is 4.79. The van der Waals surface area contributed by atoms with E-state index in [2.05, 4.69) is 15.4 Å². The predicted octanol–water partition coefficient (Wildman–Crippen LogP) is 0.545. The normalized spacial score (nSPS) is 25.7. The monoisotopic (exact) mass is 126 g/mol. The molecule has 1 rings (SSSR count). The van der Waals surface area contributed by atoms with Gasteiger partial charge in [0.2, 0.25) is 0 Å². The van der Waals surface area contributed by atoms with Crippen LogP contribution in [0.25, 0.3) is 0 Å². The summed E-state index contributed by atoms with van der Waals surface area (Å²) in [6.07, 6.45) is 4.54. The van der Waals surface area contributed by atoms with E-state index < -0.39 is 6.16 Å². The van der Waals surface area contributed by atoms with E-state index in [4.69, 9.17) is 6.42 Å². The highest BCUT2D eigenvalue weighted by Crippen LogP contribution is 2.05. The van der Waals surface area contributed by atoms with Crippen molar-refractivity contribution in [3.8, 4) is 12.3 Å². The first-order valence-corrected chi connectivity index (χ1v) is 2.62. The Morgan fingerprint density at radius 3 is 3.00 bits per heavy atom. The van der Waals surface area contributed by atoms with Gasteiger partial charge >= 0.3 is 6.16 Å². The van der Waals surface area contributed by atoms with E-state index in [1.165, 1.54) is 0 Å². The van der Waals surface area contributed by atoms with Crippen LogP contribution in [0.15, 0.2) is 0 Å². The van der Waals surface area contributed by atoms with Crippen LogP contribution in [0.4, 0.5) is 4.79 Å². The molecule has 1 unspecified atom stereocenters. The lowest BCUT2D eigenvalue weighted by atomic mass is 10.3. The topological polar surface area (TPSA) is 35.5 Å². The highest BCUT2D eigenvalue weighted by molar-refractivity contribution is 5.61. The van der Waals surface area contributed by atoms with E-state index in [9.17, 15) is 4.79 Å². The Morgan fingerprint density at radius 2 is 2.56 bits per heavy atom. The Bertz CT molecular complexity index is 156. The third kappa shape index (κ3) is 1.36. The molecule has 0 saturated carbocycles. The van der Waals surface area contributed by atoms with E-state index in [-0.39, 0.29) is 6.10 Å². The molecule has 1 heterocycles. The van der Waals surface area contributed by atoms with Gasteiger partial charge in [-0.25, -0.2) is 4.79 Å². The second-order valence-corrected chi connectivity index (χ2v) is 1.66. The summed E-state index contributed by atoms with van der Waals surface area (Å²) in [5.41, 5.74) is 0. The SMILES string of the molecule is C#CC1CCOC(=O)O1. The summed E-state index contributed by atoms with van der Waals surface area (Å²) in [6, 6.07) is 0. The average Bonchev–Trinajstić information content (AvgIpc) is 1.88. The molecule has 0 radical (unpaired) electrons. The standard InChI is InChI=1S/C6H6O3/c1-2-5-3-4-8-6(7)9-5/h1,5H,3-4H2. The molecule has 1 fully saturated rings. The third-order valence-electron chi connectivity index (χ3n) is 1.02. The van der Waals surface area contributed by atoms with Crippen molar-refractivity contribution in [2.45, 2.75) is 12.5 Å². The molecule has 0 amide bonds. The van der Waals surface area contributed by atoms with Crippen LogP contribution in [-0.2, 0) is 9.47 Å². The molecule has 3 nitrogen and oxygen atoms in total. The van der Waals surface area contributed by atoms with Gasteiger partial charge in [0.15, 0.2) is 6.10 Å². The second-order valence-electron chi connectivity index (χ2n) is 1.66. The number of ether oxygens (including phenoxy) is 2. The third-order valence-corrected chi connectivity index (χ3v) is 1.02. The lowest BCUT2D eigenvalue weighted by Gasteiger charge is -2.16. The average molecular weight is 126 g/mol. The summed E-state index contributed by atoms with van der Waals surface area (Å²) in [5.74, 6) is 2.31. The molecular formula is C6H6O3. The molecule has 1 aliphatic rings. The van der Waals surface area contributed by atoms with Crippen LogP contribution in [0.5, 0.6) is 0 Å². The van der Waals surface area contributed by atoms with Crippen molar-refractivity contribution >= 4 is 6.16 Å². The van der Waals surface area contributed by atoms with Crippen LogP contribution in [0.3, 0.4) is 0 Å². The Labute approximate surface area is 52.9 Å². The zero-order valence-corrected chi connectivity index (χ0v) is 4.79. The summed E-state index contributed by atoms with van der Waals surface area (Å²) in [7, 11) is 0. The minimum Gasteiger partial charge on any atom is -0.434 e. The number of cyclic esters (lactones) is 2. The van der Waals surface area contributed by atoms with Gasteiger partial charge in [0.25, 0.3) is 0 Å². The second kappa shape index (κ2) is 2.40. The summed E-state index contributed by atoms with van der Waals surface area (Å²) in [5, 5.41) is 0. The highest BCUT2D eigenvalue weighted by atomic mass is 16.7. The van der Waals surface area contributed by atoms with Crippen molar-refractivity contribution in [2.75, 3.05) is 6.61 Å². The van der Waals surface area contributed by atoms with Crippen LogP contribution in [0.2, 0.25) is 0 Å². The molecule has 1 aliphatic heterocycles. The number of carbonyl (C=O) groups is 1. The first kappa shape index (κ1) is 5.96. The van der Waals surface area contributed by atoms with Gasteiger partial charge in [0.05, 0.1) is 6.61 Å². The van der Waals surface area contributed by atoms with E-state index in [0.717, 1.165) is 0 Å². The van der Waals surface area contributed by atoms with Gasteiger partial charge in [-0.2, -0.15) is 0 Å². The number of terminal acetylenes is 1. The van der Waals surface area contributed by atoms with Crippen LogP contribution in [0.1, 0.15) is 6.42 Å². The molecule has 0 aromatic rings. The molecule has 0 N–H and O–H groups in total. The van der Waals surface area contributed by atoms with E-state index in [1.807, 2.05) is 0 Å². The predicted molar refractivity (Wildman–Crippen MR) is 29.7 cm³/mol. The summed E-state index contributed by atoms with van der Waals surface area (Å²) in [6.45, 7) is 0.369. The maximum absolute atomic E-state index is 10.3. The van der Waals surface area contributed by atoms with Gasteiger partial charge in [-0.3, -0.25) is 0 Å². The number of carbonyl (C=O) groups excluding carboxylic acids is 1. The quantitative estimate of drug-likeness (QED) is 0.351. The summed E-state index contributed by atoms with van der Waals surface area (Å²) >= 11 is 0. The molecular weight excluding hydrogens is 120 g/mol. The molecule has 0 aromatic heterocycles. The molecule has 1 atom stereocenters. The largest absolute Gasteiger partial charge is 0.509 e. The van der Waals surface area contributed by atoms with E-state index in [1.54, 1.807) is 0 Å². The molecule has 0 aromatic carbocycles. The molecule has 0 spiro atoms. The van der Waals surface area contributed by atoms with Crippen LogP contribution in [-0.4, -0.2) is 18.9 Å². The molecule has 3 heteroatoms. The van der Waals surface area contributed by atoms with Crippen molar-refractivity contribution in [2.24, 2.45) is 0 Å². The lowest BCUT2D eigenvalue weighted by Crippen LogP contribution is -2.25. The van der Waals surface area contributed by atoms with Crippen LogP contribution >= 0.6 is 0 Å². The first-order chi connectivity index (χ1) is 4.33.